The Morgan fingerprint density at radius 3 is 2.69 bits per heavy atom. The first-order valence-electron chi connectivity index (χ1n) is 9.48. The molecular formula is C22H20N6O. The van der Waals surface area contributed by atoms with Crippen molar-refractivity contribution >= 4 is 22.8 Å². The summed E-state index contributed by atoms with van der Waals surface area (Å²) in [6.45, 7) is 4.49. The SMILES string of the molecule is Cc1noc(C)c1Cn1nc(C2N=CC=CN2c2ccncc2)c2ccccc21. The lowest BCUT2D eigenvalue weighted by atomic mass is 10.1. The van der Waals surface area contributed by atoms with Gasteiger partial charge in [-0.15, -0.1) is 0 Å². The number of aromatic nitrogens is 4. The van der Waals surface area contributed by atoms with Crippen molar-refractivity contribution < 1.29 is 4.52 Å². The number of hydrogen-bond donors (Lipinski definition) is 0. The van der Waals surface area contributed by atoms with Gasteiger partial charge in [0.2, 0.25) is 0 Å². The summed E-state index contributed by atoms with van der Waals surface area (Å²) in [5.74, 6) is 0.820. The number of aryl methyl sites for hydroxylation is 2. The third kappa shape index (κ3) is 3.00. The smallest absolute Gasteiger partial charge is 0.170 e. The van der Waals surface area contributed by atoms with Crippen LogP contribution in [0.25, 0.3) is 10.9 Å². The van der Waals surface area contributed by atoms with Crippen LogP contribution in [0.5, 0.6) is 0 Å². The Labute approximate surface area is 168 Å². The number of rotatable bonds is 4. The van der Waals surface area contributed by atoms with Crippen LogP contribution in [0, 0.1) is 13.8 Å². The molecule has 0 aliphatic carbocycles. The van der Waals surface area contributed by atoms with E-state index in [1.165, 1.54) is 0 Å². The van der Waals surface area contributed by atoms with Crippen molar-refractivity contribution in [3.8, 4) is 0 Å². The molecule has 5 rings (SSSR count). The van der Waals surface area contributed by atoms with Crippen LogP contribution in [0.2, 0.25) is 0 Å². The predicted molar refractivity (Wildman–Crippen MR) is 112 cm³/mol. The number of pyridine rings is 1. The molecule has 1 unspecified atom stereocenters. The van der Waals surface area contributed by atoms with Crippen molar-refractivity contribution in [2.75, 3.05) is 4.90 Å². The van der Waals surface area contributed by atoms with Crippen LogP contribution in [0.4, 0.5) is 5.69 Å². The molecule has 0 N–H and O–H groups in total. The van der Waals surface area contributed by atoms with Gasteiger partial charge in [-0.05, 0) is 38.1 Å². The lowest BCUT2D eigenvalue weighted by molar-refractivity contribution is 0.392. The fourth-order valence-electron chi connectivity index (χ4n) is 3.70. The topological polar surface area (TPSA) is 72.3 Å². The van der Waals surface area contributed by atoms with Crippen LogP contribution in [-0.4, -0.2) is 26.1 Å². The van der Waals surface area contributed by atoms with Crippen molar-refractivity contribution in [2.45, 2.75) is 26.6 Å². The highest BCUT2D eigenvalue weighted by Gasteiger charge is 2.26. The molecule has 144 valence electrons. The monoisotopic (exact) mass is 384 g/mol. The van der Waals surface area contributed by atoms with Gasteiger partial charge in [-0.1, -0.05) is 23.4 Å². The Morgan fingerprint density at radius 2 is 1.90 bits per heavy atom. The molecule has 0 amide bonds. The zero-order chi connectivity index (χ0) is 19.8. The first kappa shape index (κ1) is 17.4. The van der Waals surface area contributed by atoms with E-state index < -0.39 is 0 Å². The molecule has 0 fully saturated rings. The van der Waals surface area contributed by atoms with Gasteiger partial charge in [0.25, 0.3) is 0 Å². The van der Waals surface area contributed by atoms with E-state index in [4.69, 9.17) is 14.6 Å². The summed E-state index contributed by atoms with van der Waals surface area (Å²) in [4.78, 5) is 11.0. The van der Waals surface area contributed by atoms with E-state index in [1.807, 2.05) is 61.3 Å². The molecule has 1 aliphatic heterocycles. The average molecular weight is 384 g/mol. The van der Waals surface area contributed by atoms with Gasteiger partial charge < -0.3 is 9.42 Å². The molecule has 1 aromatic carbocycles. The predicted octanol–water partition coefficient (Wildman–Crippen LogP) is 4.19. The van der Waals surface area contributed by atoms with E-state index in [0.29, 0.717) is 6.54 Å². The minimum atomic E-state index is -0.252. The van der Waals surface area contributed by atoms with Crippen LogP contribution in [0.1, 0.15) is 28.9 Å². The molecule has 0 saturated heterocycles. The van der Waals surface area contributed by atoms with Crippen LogP contribution in [0.3, 0.4) is 0 Å². The molecule has 3 aromatic heterocycles. The van der Waals surface area contributed by atoms with E-state index >= 15 is 0 Å². The zero-order valence-corrected chi connectivity index (χ0v) is 16.2. The van der Waals surface area contributed by atoms with Crippen LogP contribution >= 0.6 is 0 Å². The second-order valence-electron chi connectivity index (χ2n) is 6.99. The number of hydrogen-bond acceptors (Lipinski definition) is 6. The molecule has 1 aliphatic rings. The summed E-state index contributed by atoms with van der Waals surface area (Å²) in [7, 11) is 0. The van der Waals surface area contributed by atoms with E-state index in [0.717, 1.165) is 39.3 Å². The molecule has 1 atom stereocenters. The maximum absolute atomic E-state index is 5.34. The van der Waals surface area contributed by atoms with E-state index in [9.17, 15) is 0 Å². The third-order valence-electron chi connectivity index (χ3n) is 5.20. The average Bonchev–Trinajstić information content (AvgIpc) is 3.30. The quantitative estimate of drug-likeness (QED) is 0.528. The minimum absolute atomic E-state index is 0.252. The lowest BCUT2D eigenvalue weighted by Crippen LogP contribution is -2.24. The number of aliphatic imine (C=N–C) groups is 1. The molecule has 0 radical (unpaired) electrons. The van der Waals surface area contributed by atoms with E-state index in [-0.39, 0.29) is 6.17 Å². The normalized spacial score (nSPS) is 16.1. The van der Waals surface area contributed by atoms with Gasteiger partial charge in [0.05, 0.1) is 17.8 Å². The fourth-order valence-corrected chi connectivity index (χ4v) is 3.70. The van der Waals surface area contributed by atoms with Gasteiger partial charge in [0.15, 0.2) is 6.17 Å². The van der Waals surface area contributed by atoms with Crippen molar-refractivity contribution in [2.24, 2.45) is 4.99 Å². The van der Waals surface area contributed by atoms with Gasteiger partial charge in [-0.3, -0.25) is 14.7 Å². The second-order valence-corrected chi connectivity index (χ2v) is 6.99. The highest BCUT2D eigenvalue weighted by Crippen LogP contribution is 2.34. The number of nitrogens with zero attached hydrogens (tertiary/aromatic N) is 6. The lowest BCUT2D eigenvalue weighted by Gasteiger charge is -2.28. The van der Waals surface area contributed by atoms with Gasteiger partial charge in [-0.25, -0.2) is 0 Å². The van der Waals surface area contributed by atoms with E-state index in [1.54, 1.807) is 12.4 Å². The van der Waals surface area contributed by atoms with Crippen molar-refractivity contribution in [1.29, 1.82) is 0 Å². The standard InChI is InChI=1S/C22H20N6O/c1-15-19(16(2)29-26-15)14-28-20-7-4-3-6-18(20)21(25-28)22-24-10-5-13-27(22)17-8-11-23-12-9-17/h3-13,22H,14H2,1-2H3. The maximum atomic E-state index is 5.34. The van der Waals surface area contributed by atoms with Crippen molar-refractivity contribution in [3.05, 3.63) is 83.8 Å². The third-order valence-corrected chi connectivity index (χ3v) is 5.20. The Hall–Kier alpha value is -3.74. The van der Waals surface area contributed by atoms with Gasteiger partial charge in [0.1, 0.15) is 11.5 Å². The maximum Gasteiger partial charge on any atom is 0.170 e. The summed E-state index contributed by atoms with van der Waals surface area (Å²) in [6, 6.07) is 12.2. The van der Waals surface area contributed by atoms with Crippen LogP contribution in [-0.2, 0) is 6.54 Å². The molecule has 0 bridgehead atoms. The summed E-state index contributed by atoms with van der Waals surface area (Å²) < 4.78 is 7.35. The molecule has 4 heterocycles. The molecule has 0 spiro atoms. The van der Waals surface area contributed by atoms with Crippen LogP contribution in [0.15, 0.2) is 70.6 Å². The largest absolute Gasteiger partial charge is 0.361 e. The molecule has 7 heteroatoms. The molecule has 7 nitrogen and oxygen atoms in total. The molecule has 0 saturated carbocycles. The summed E-state index contributed by atoms with van der Waals surface area (Å²) >= 11 is 0. The Morgan fingerprint density at radius 1 is 1.07 bits per heavy atom. The van der Waals surface area contributed by atoms with Gasteiger partial charge in [0, 0.05) is 41.4 Å². The summed E-state index contributed by atoms with van der Waals surface area (Å²) in [6.07, 6.45) is 9.09. The zero-order valence-electron chi connectivity index (χ0n) is 16.2. The fraction of sp³-hybridized carbons (Fsp3) is 0.182. The Balaban J connectivity index is 1.62. The molecular weight excluding hydrogens is 364 g/mol. The van der Waals surface area contributed by atoms with Crippen molar-refractivity contribution in [3.63, 3.8) is 0 Å². The van der Waals surface area contributed by atoms with E-state index in [2.05, 4.69) is 27.2 Å². The number of anilines is 1. The molecule has 29 heavy (non-hydrogen) atoms. The molecule has 4 aromatic rings. The van der Waals surface area contributed by atoms with Crippen molar-refractivity contribution in [1.82, 2.24) is 19.9 Å². The first-order chi connectivity index (χ1) is 14.2. The number of benzene rings is 1. The Bertz CT molecular complexity index is 1200. The minimum Gasteiger partial charge on any atom is -0.361 e. The van der Waals surface area contributed by atoms with Crippen LogP contribution < -0.4 is 4.90 Å². The highest BCUT2D eigenvalue weighted by atomic mass is 16.5. The summed E-state index contributed by atoms with van der Waals surface area (Å²) in [5.41, 5.74) is 4.93. The summed E-state index contributed by atoms with van der Waals surface area (Å²) in [5, 5.41) is 10.1. The van der Waals surface area contributed by atoms with Gasteiger partial charge in [-0.2, -0.15) is 5.10 Å². The number of fused-ring (bicyclic) bond motifs is 1. The number of allylic oxidation sites excluding steroid dienone is 1. The first-order valence-corrected chi connectivity index (χ1v) is 9.48. The second kappa shape index (κ2) is 7.01. The van der Waals surface area contributed by atoms with Gasteiger partial charge >= 0.3 is 0 Å². The number of para-hydroxylation sites is 1. The Kier molecular flexibility index (Phi) is 4.20. The highest BCUT2D eigenvalue weighted by molar-refractivity contribution is 5.84.